The molecule has 4 bridgehead atoms. The summed E-state index contributed by atoms with van der Waals surface area (Å²) in [6.07, 6.45) is 3.17. The molecule has 13 heavy (non-hydrogen) atoms. The first kappa shape index (κ1) is 8.21. The number of hydrogen-bond donors (Lipinski definition) is 3. The smallest absolute Gasteiger partial charge is 0.0914 e. The van der Waals surface area contributed by atoms with Gasteiger partial charge in [-0.15, -0.1) is 0 Å². The molecule has 4 N–H and O–H groups in total. The van der Waals surface area contributed by atoms with Crippen LogP contribution in [-0.4, -0.2) is 28.0 Å². The standard InChI is InChI=1S/C10H17NO2/c11-8-6-1-5-2-7(8)9(12)10(13,3-5)4-6/h5-9,12-13H,1-4,11H2/t5?,6?,7-,8-,9?,10-/m1/s1. The van der Waals surface area contributed by atoms with Crippen molar-refractivity contribution in [3.8, 4) is 0 Å². The quantitative estimate of drug-likeness (QED) is 0.489. The van der Waals surface area contributed by atoms with E-state index in [-0.39, 0.29) is 12.0 Å². The van der Waals surface area contributed by atoms with E-state index in [4.69, 9.17) is 5.73 Å². The van der Waals surface area contributed by atoms with Gasteiger partial charge in [0, 0.05) is 12.0 Å². The van der Waals surface area contributed by atoms with Crippen LogP contribution in [0.1, 0.15) is 25.7 Å². The fourth-order valence-electron chi connectivity index (χ4n) is 3.98. The third-order valence-electron chi connectivity index (χ3n) is 4.49. The molecule has 4 saturated carbocycles. The van der Waals surface area contributed by atoms with Crippen LogP contribution < -0.4 is 5.73 Å². The molecule has 0 aromatic rings. The van der Waals surface area contributed by atoms with Crippen LogP contribution in [0.4, 0.5) is 0 Å². The van der Waals surface area contributed by atoms with Crippen molar-refractivity contribution in [3.63, 3.8) is 0 Å². The van der Waals surface area contributed by atoms with Gasteiger partial charge >= 0.3 is 0 Å². The summed E-state index contributed by atoms with van der Waals surface area (Å²) in [5.74, 6) is 1.25. The maximum absolute atomic E-state index is 10.2. The lowest BCUT2D eigenvalue weighted by molar-refractivity contribution is -0.210. The van der Waals surface area contributed by atoms with E-state index in [0.29, 0.717) is 11.8 Å². The van der Waals surface area contributed by atoms with Gasteiger partial charge < -0.3 is 15.9 Å². The number of aliphatic hydroxyl groups excluding tert-OH is 1. The van der Waals surface area contributed by atoms with Gasteiger partial charge in [0.25, 0.3) is 0 Å². The van der Waals surface area contributed by atoms with Crippen LogP contribution in [0.2, 0.25) is 0 Å². The van der Waals surface area contributed by atoms with Gasteiger partial charge in [-0.2, -0.15) is 0 Å². The predicted molar refractivity (Wildman–Crippen MR) is 47.9 cm³/mol. The largest absolute Gasteiger partial charge is 0.390 e. The highest BCUT2D eigenvalue weighted by molar-refractivity contribution is 5.11. The van der Waals surface area contributed by atoms with Crippen LogP contribution in [-0.2, 0) is 0 Å². The minimum absolute atomic E-state index is 0.131. The van der Waals surface area contributed by atoms with Crippen LogP contribution >= 0.6 is 0 Å². The Labute approximate surface area is 77.9 Å². The Hall–Kier alpha value is -0.120. The first-order valence-corrected chi connectivity index (χ1v) is 5.26. The Balaban J connectivity index is 1.99. The lowest BCUT2D eigenvalue weighted by Crippen LogP contribution is -2.67. The van der Waals surface area contributed by atoms with Crippen LogP contribution in [0.25, 0.3) is 0 Å². The second-order valence-corrected chi connectivity index (χ2v) is 5.30. The highest BCUT2D eigenvalue weighted by Crippen LogP contribution is 2.55. The molecule has 3 heteroatoms. The van der Waals surface area contributed by atoms with Gasteiger partial charge in [0.15, 0.2) is 0 Å². The van der Waals surface area contributed by atoms with Crippen molar-refractivity contribution in [2.75, 3.05) is 0 Å². The highest BCUT2D eigenvalue weighted by atomic mass is 16.3. The van der Waals surface area contributed by atoms with Crippen molar-refractivity contribution in [2.45, 2.75) is 43.4 Å². The molecule has 4 fully saturated rings. The van der Waals surface area contributed by atoms with Crippen LogP contribution in [0, 0.1) is 17.8 Å². The number of nitrogens with two attached hydrogens (primary N) is 1. The monoisotopic (exact) mass is 183 g/mol. The molecule has 0 radical (unpaired) electrons. The highest BCUT2D eigenvalue weighted by Gasteiger charge is 2.59. The SMILES string of the molecule is N[C@@H]1C2CC3C[C@H]1C(O)[C@@](O)(C3)C2. The molecule has 4 rings (SSSR count). The molecule has 4 aliphatic carbocycles. The predicted octanol–water partition coefficient (Wildman–Crippen LogP) is -0.145. The Morgan fingerprint density at radius 2 is 2.00 bits per heavy atom. The van der Waals surface area contributed by atoms with E-state index in [9.17, 15) is 10.2 Å². The van der Waals surface area contributed by atoms with E-state index in [0.717, 1.165) is 19.3 Å². The molecular weight excluding hydrogens is 166 g/mol. The number of rotatable bonds is 0. The third kappa shape index (κ3) is 0.901. The van der Waals surface area contributed by atoms with Crippen molar-refractivity contribution < 1.29 is 10.2 Å². The summed E-state index contributed by atoms with van der Waals surface area (Å²) >= 11 is 0. The Morgan fingerprint density at radius 3 is 2.77 bits per heavy atom. The van der Waals surface area contributed by atoms with Gasteiger partial charge in [0.1, 0.15) is 0 Å². The van der Waals surface area contributed by atoms with Gasteiger partial charge in [-0.3, -0.25) is 0 Å². The van der Waals surface area contributed by atoms with Gasteiger partial charge in [-0.1, -0.05) is 0 Å². The fourth-order valence-corrected chi connectivity index (χ4v) is 3.98. The summed E-state index contributed by atoms with van der Waals surface area (Å²) in [5.41, 5.74) is 5.26. The molecule has 0 aliphatic heterocycles. The number of hydrogen-bond acceptors (Lipinski definition) is 3. The van der Waals surface area contributed by atoms with Crippen LogP contribution in [0.15, 0.2) is 0 Å². The second kappa shape index (κ2) is 2.27. The molecule has 3 nitrogen and oxygen atoms in total. The average Bonchev–Trinajstić information content (AvgIpc) is 2.07. The summed E-state index contributed by atoms with van der Waals surface area (Å²) in [4.78, 5) is 0. The zero-order valence-corrected chi connectivity index (χ0v) is 7.69. The minimum Gasteiger partial charge on any atom is -0.390 e. The van der Waals surface area contributed by atoms with Gasteiger partial charge in [0.2, 0.25) is 0 Å². The summed E-state index contributed by atoms with van der Waals surface area (Å²) < 4.78 is 0. The topological polar surface area (TPSA) is 66.5 Å². The van der Waals surface area contributed by atoms with Crippen molar-refractivity contribution in [1.82, 2.24) is 0 Å². The lowest BCUT2D eigenvalue weighted by atomic mass is 9.51. The molecule has 0 saturated heterocycles. The van der Waals surface area contributed by atoms with Gasteiger partial charge in [-0.05, 0) is 37.5 Å². The zero-order chi connectivity index (χ0) is 9.22. The van der Waals surface area contributed by atoms with Crippen LogP contribution in [0.5, 0.6) is 0 Å². The summed E-state index contributed by atoms with van der Waals surface area (Å²) in [6, 6.07) is 0.131. The normalized spacial score (nSPS) is 64.4. The Kier molecular flexibility index (Phi) is 1.43. The number of aliphatic hydroxyl groups is 2. The van der Waals surface area contributed by atoms with Gasteiger partial charge in [-0.25, -0.2) is 0 Å². The van der Waals surface area contributed by atoms with Crippen molar-refractivity contribution in [2.24, 2.45) is 23.5 Å². The minimum atomic E-state index is -0.785. The van der Waals surface area contributed by atoms with Crippen LogP contribution in [0.3, 0.4) is 0 Å². The molecule has 0 spiro atoms. The first-order valence-electron chi connectivity index (χ1n) is 5.26. The zero-order valence-electron chi connectivity index (χ0n) is 7.69. The molecule has 0 aromatic carbocycles. The van der Waals surface area contributed by atoms with Crippen molar-refractivity contribution in [3.05, 3.63) is 0 Å². The molecule has 0 heterocycles. The van der Waals surface area contributed by atoms with Crippen molar-refractivity contribution >= 4 is 0 Å². The molecule has 6 atom stereocenters. The van der Waals surface area contributed by atoms with E-state index in [1.807, 2.05) is 0 Å². The molecule has 0 aromatic heterocycles. The summed E-state index contributed by atoms with van der Waals surface area (Å²) in [7, 11) is 0. The fraction of sp³-hybridized carbons (Fsp3) is 1.00. The molecule has 74 valence electrons. The maximum atomic E-state index is 10.2. The first-order chi connectivity index (χ1) is 6.10. The summed E-state index contributed by atoms with van der Waals surface area (Å²) in [6.45, 7) is 0. The van der Waals surface area contributed by atoms with E-state index in [1.54, 1.807) is 0 Å². The molecule has 4 aliphatic rings. The lowest BCUT2D eigenvalue weighted by Gasteiger charge is -2.59. The van der Waals surface area contributed by atoms with E-state index >= 15 is 0 Å². The second-order valence-electron chi connectivity index (χ2n) is 5.30. The third-order valence-corrected chi connectivity index (χ3v) is 4.49. The van der Waals surface area contributed by atoms with Gasteiger partial charge in [0.05, 0.1) is 11.7 Å². The molecule has 3 unspecified atom stereocenters. The Bertz CT molecular complexity index is 245. The average molecular weight is 183 g/mol. The van der Waals surface area contributed by atoms with E-state index < -0.39 is 11.7 Å². The molecular formula is C10H17NO2. The maximum Gasteiger partial charge on any atom is 0.0914 e. The molecule has 0 amide bonds. The van der Waals surface area contributed by atoms with E-state index in [1.165, 1.54) is 6.42 Å². The summed E-state index contributed by atoms with van der Waals surface area (Å²) in [5, 5.41) is 20.1. The van der Waals surface area contributed by atoms with E-state index in [2.05, 4.69) is 0 Å². The Morgan fingerprint density at radius 1 is 1.23 bits per heavy atom. The van der Waals surface area contributed by atoms with Crippen molar-refractivity contribution in [1.29, 1.82) is 0 Å².